The summed E-state index contributed by atoms with van der Waals surface area (Å²) in [4.78, 5) is 31.5. The fourth-order valence-corrected chi connectivity index (χ4v) is 4.69. The highest BCUT2D eigenvalue weighted by molar-refractivity contribution is 9.10. The summed E-state index contributed by atoms with van der Waals surface area (Å²) < 4.78 is 7.26. The van der Waals surface area contributed by atoms with Crippen molar-refractivity contribution in [3.8, 4) is 5.75 Å². The van der Waals surface area contributed by atoms with Crippen molar-refractivity contribution >= 4 is 33.6 Å². The highest BCUT2D eigenvalue weighted by Gasteiger charge is 2.49. The first-order chi connectivity index (χ1) is 15.4. The molecule has 2 atom stereocenters. The van der Waals surface area contributed by atoms with E-state index < -0.39 is 5.72 Å². The van der Waals surface area contributed by atoms with Gasteiger partial charge in [0.2, 0.25) is 0 Å². The molecule has 8 heteroatoms. The van der Waals surface area contributed by atoms with Crippen LogP contribution < -0.4 is 20.3 Å². The third-order valence-corrected chi connectivity index (χ3v) is 6.27. The van der Waals surface area contributed by atoms with E-state index in [2.05, 4.69) is 31.5 Å². The molecular formula is C24H21BrN4O3. The number of aromatic nitrogens is 1. The minimum atomic E-state index is -0.876. The number of halogens is 1. The van der Waals surface area contributed by atoms with E-state index in [0.717, 1.165) is 21.3 Å². The third kappa shape index (κ3) is 3.71. The molecular weight excluding hydrogens is 472 g/mol. The number of nitrogens with zero attached hydrogens (tertiary/aromatic N) is 2. The lowest BCUT2D eigenvalue weighted by Gasteiger charge is -2.50. The van der Waals surface area contributed by atoms with Crippen LogP contribution in [0.2, 0.25) is 0 Å². The van der Waals surface area contributed by atoms with Crippen LogP contribution in [-0.4, -0.2) is 22.6 Å². The maximum Gasteiger partial charge on any atom is 0.325 e. The zero-order chi connectivity index (χ0) is 22.3. The van der Waals surface area contributed by atoms with Crippen LogP contribution >= 0.6 is 15.9 Å². The van der Waals surface area contributed by atoms with Gasteiger partial charge in [-0.15, -0.1) is 0 Å². The molecule has 0 radical (unpaired) electrons. The smallest absolute Gasteiger partial charge is 0.325 e. The van der Waals surface area contributed by atoms with E-state index in [1.165, 1.54) is 0 Å². The van der Waals surface area contributed by atoms with Gasteiger partial charge in [0.1, 0.15) is 5.75 Å². The van der Waals surface area contributed by atoms with E-state index >= 15 is 0 Å². The zero-order valence-electron chi connectivity index (χ0n) is 17.3. The summed E-state index contributed by atoms with van der Waals surface area (Å²) in [5, 5.41) is 5.97. The Morgan fingerprint density at radius 1 is 1.28 bits per heavy atom. The lowest BCUT2D eigenvalue weighted by molar-refractivity contribution is 0.0378. The molecule has 2 bridgehead atoms. The predicted octanol–water partition coefficient (Wildman–Crippen LogP) is 4.54. The Kier molecular flexibility index (Phi) is 5.09. The maximum atomic E-state index is 13.1. The fraction of sp³-hybridized carbons (Fsp3) is 0.208. The van der Waals surface area contributed by atoms with Crippen molar-refractivity contribution in [3.63, 3.8) is 0 Å². The van der Waals surface area contributed by atoms with Gasteiger partial charge in [0, 0.05) is 41.0 Å². The molecule has 3 aromatic rings. The minimum Gasteiger partial charge on any atom is -0.467 e. The minimum absolute atomic E-state index is 0.143. The van der Waals surface area contributed by atoms with Gasteiger partial charge >= 0.3 is 6.03 Å². The van der Waals surface area contributed by atoms with Gasteiger partial charge in [-0.3, -0.25) is 14.7 Å². The Bertz CT molecular complexity index is 1200. The SMILES string of the molecule is CC12CC(NC(=O)N1c1cccc(C(=O)NCc3cccnc3)c1)c1cc(Br)ccc1O2. The number of pyridine rings is 1. The van der Waals surface area contributed by atoms with Crippen molar-refractivity contribution in [2.24, 2.45) is 0 Å². The Morgan fingerprint density at radius 2 is 2.16 bits per heavy atom. The summed E-state index contributed by atoms with van der Waals surface area (Å²) in [6.07, 6.45) is 3.98. The molecule has 0 aliphatic carbocycles. The van der Waals surface area contributed by atoms with Crippen molar-refractivity contribution in [3.05, 3.63) is 88.2 Å². The topological polar surface area (TPSA) is 83.6 Å². The molecule has 2 aromatic carbocycles. The number of carbonyl (C=O) groups excluding carboxylic acids is 2. The molecule has 1 aromatic heterocycles. The second kappa shape index (κ2) is 7.94. The second-order valence-corrected chi connectivity index (χ2v) is 9.01. The molecule has 32 heavy (non-hydrogen) atoms. The molecule has 7 nitrogen and oxygen atoms in total. The summed E-state index contributed by atoms with van der Waals surface area (Å²) >= 11 is 3.49. The monoisotopic (exact) mass is 492 g/mol. The van der Waals surface area contributed by atoms with Gasteiger partial charge in [0.25, 0.3) is 5.91 Å². The van der Waals surface area contributed by atoms with E-state index in [0.29, 0.717) is 24.2 Å². The van der Waals surface area contributed by atoms with Gasteiger partial charge in [0.15, 0.2) is 5.72 Å². The summed E-state index contributed by atoms with van der Waals surface area (Å²) in [6, 6.07) is 16.1. The predicted molar refractivity (Wildman–Crippen MR) is 123 cm³/mol. The maximum absolute atomic E-state index is 13.1. The van der Waals surface area contributed by atoms with Crippen LogP contribution in [0, 0.1) is 0 Å². The van der Waals surface area contributed by atoms with Crippen molar-refractivity contribution in [1.29, 1.82) is 0 Å². The summed E-state index contributed by atoms with van der Waals surface area (Å²) in [5.41, 5.74) is 2.04. The number of ether oxygens (including phenoxy) is 1. The number of hydrogen-bond donors (Lipinski definition) is 2. The summed E-state index contributed by atoms with van der Waals surface area (Å²) in [7, 11) is 0. The van der Waals surface area contributed by atoms with Gasteiger partial charge < -0.3 is 15.4 Å². The Balaban J connectivity index is 1.41. The van der Waals surface area contributed by atoms with Gasteiger partial charge in [-0.05, 0) is 55.0 Å². The van der Waals surface area contributed by atoms with Crippen molar-refractivity contribution < 1.29 is 14.3 Å². The van der Waals surface area contributed by atoms with E-state index in [9.17, 15) is 9.59 Å². The standard InChI is InChI=1S/C24H21BrN4O3/c1-24-12-20(19-11-17(25)7-8-21(19)32-24)28-23(31)29(24)18-6-2-5-16(10-18)22(30)27-14-15-4-3-9-26-13-15/h2-11,13,20H,12,14H2,1H3,(H,27,30)(H,28,31). The number of benzene rings is 2. The largest absolute Gasteiger partial charge is 0.467 e. The average molecular weight is 493 g/mol. The first-order valence-corrected chi connectivity index (χ1v) is 11.1. The second-order valence-electron chi connectivity index (χ2n) is 8.10. The van der Waals surface area contributed by atoms with Crippen LogP contribution in [0.5, 0.6) is 5.75 Å². The molecule has 2 N–H and O–H groups in total. The van der Waals surface area contributed by atoms with Crippen molar-refractivity contribution in [1.82, 2.24) is 15.6 Å². The molecule has 2 aliphatic heterocycles. The molecule has 1 saturated heterocycles. The summed E-state index contributed by atoms with van der Waals surface area (Å²) in [5.74, 6) is 0.512. The van der Waals surface area contributed by atoms with Crippen LogP contribution in [0.15, 0.2) is 71.5 Å². The number of rotatable bonds is 4. The molecule has 3 amide bonds. The van der Waals surface area contributed by atoms with E-state index in [-0.39, 0.29) is 18.0 Å². The number of nitrogens with one attached hydrogen (secondary N) is 2. The number of anilines is 1. The normalized spacial score (nSPS) is 21.2. The number of hydrogen-bond acceptors (Lipinski definition) is 4. The highest BCUT2D eigenvalue weighted by atomic mass is 79.9. The van der Waals surface area contributed by atoms with E-state index in [1.807, 2.05) is 43.3 Å². The first kappa shape index (κ1) is 20.5. The first-order valence-electron chi connectivity index (χ1n) is 10.3. The number of urea groups is 1. The van der Waals surface area contributed by atoms with Crippen molar-refractivity contribution in [2.45, 2.75) is 31.7 Å². The lowest BCUT2D eigenvalue weighted by atomic mass is 9.90. The lowest BCUT2D eigenvalue weighted by Crippen LogP contribution is -2.65. The van der Waals surface area contributed by atoms with Crippen molar-refractivity contribution in [2.75, 3.05) is 4.90 Å². The molecule has 0 saturated carbocycles. The third-order valence-electron chi connectivity index (χ3n) is 5.78. The highest BCUT2D eigenvalue weighted by Crippen LogP contribution is 2.46. The molecule has 0 spiro atoms. The zero-order valence-corrected chi connectivity index (χ0v) is 18.9. The molecule has 162 valence electrons. The fourth-order valence-electron chi connectivity index (χ4n) is 4.31. The number of fused-ring (bicyclic) bond motifs is 4. The van der Waals surface area contributed by atoms with Crippen LogP contribution in [0.25, 0.3) is 0 Å². The molecule has 3 heterocycles. The molecule has 2 unspecified atom stereocenters. The summed E-state index contributed by atoms with van der Waals surface area (Å²) in [6.45, 7) is 2.27. The van der Waals surface area contributed by atoms with Crippen LogP contribution in [0.3, 0.4) is 0 Å². The molecule has 1 fully saturated rings. The van der Waals surface area contributed by atoms with E-state index in [4.69, 9.17) is 4.74 Å². The van der Waals surface area contributed by atoms with Gasteiger partial charge in [-0.1, -0.05) is 28.1 Å². The van der Waals surface area contributed by atoms with Gasteiger partial charge in [-0.25, -0.2) is 4.79 Å². The van der Waals surface area contributed by atoms with Gasteiger partial charge in [0.05, 0.1) is 11.7 Å². The van der Waals surface area contributed by atoms with Crippen LogP contribution in [0.1, 0.15) is 40.9 Å². The average Bonchev–Trinajstić information content (AvgIpc) is 2.78. The Labute approximate surface area is 193 Å². The molecule has 5 rings (SSSR count). The number of amides is 3. The van der Waals surface area contributed by atoms with E-state index in [1.54, 1.807) is 35.5 Å². The number of carbonyl (C=O) groups is 2. The Morgan fingerprint density at radius 3 is 2.97 bits per heavy atom. The Hall–Kier alpha value is -3.39. The quantitative estimate of drug-likeness (QED) is 0.559. The van der Waals surface area contributed by atoms with Crippen LogP contribution in [0.4, 0.5) is 10.5 Å². The van der Waals surface area contributed by atoms with Gasteiger partial charge in [-0.2, -0.15) is 0 Å². The molecule has 2 aliphatic rings. The van der Waals surface area contributed by atoms with Crippen LogP contribution in [-0.2, 0) is 6.54 Å².